The van der Waals surface area contributed by atoms with Crippen LogP contribution in [-0.2, 0) is 16.0 Å². The van der Waals surface area contributed by atoms with Gasteiger partial charge in [-0.2, -0.15) is 0 Å². The van der Waals surface area contributed by atoms with E-state index in [-0.39, 0.29) is 11.3 Å². The van der Waals surface area contributed by atoms with Gasteiger partial charge in [0.1, 0.15) is 0 Å². The van der Waals surface area contributed by atoms with Gasteiger partial charge >= 0.3 is 0 Å². The molecule has 0 radical (unpaired) electrons. The number of nitrogens with one attached hydrogen (secondary N) is 1. The number of carbonyl (C=O) groups is 2. The van der Waals surface area contributed by atoms with Crippen LogP contribution in [0.2, 0.25) is 0 Å². The van der Waals surface area contributed by atoms with Crippen molar-refractivity contribution in [3.05, 3.63) is 35.9 Å². The summed E-state index contributed by atoms with van der Waals surface area (Å²) in [4.78, 5) is 26.6. The van der Waals surface area contributed by atoms with Crippen LogP contribution in [0.15, 0.2) is 30.3 Å². The molecule has 0 saturated heterocycles. The molecule has 1 amide bonds. The van der Waals surface area contributed by atoms with Gasteiger partial charge in [-0.15, -0.1) is 0 Å². The molecule has 22 heavy (non-hydrogen) atoms. The van der Waals surface area contributed by atoms with Crippen molar-refractivity contribution < 1.29 is 9.59 Å². The van der Waals surface area contributed by atoms with Crippen LogP contribution in [0.25, 0.3) is 0 Å². The van der Waals surface area contributed by atoms with Crippen molar-refractivity contribution in [1.82, 2.24) is 10.2 Å². The summed E-state index contributed by atoms with van der Waals surface area (Å²) in [5, 5.41) is 3.29. The minimum atomic E-state index is -0.504. The topological polar surface area (TPSA) is 49.4 Å². The number of benzene rings is 1. The number of rotatable bonds is 7. The molecule has 4 heteroatoms. The summed E-state index contributed by atoms with van der Waals surface area (Å²) >= 11 is 0. The zero-order valence-corrected chi connectivity index (χ0v) is 14.3. The number of likely N-dealkylation sites (N-methyl/N-ethyl adjacent to an activating group) is 1. The summed E-state index contributed by atoms with van der Waals surface area (Å²) in [5.41, 5.74) is 0.809. The lowest BCUT2D eigenvalue weighted by molar-refractivity contribution is -0.145. The van der Waals surface area contributed by atoms with E-state index in [4.69, 9.17) is 0 Å². The van der Waals surface area contributed by atoms with Gasteiger partial charge < -0.3 is 10.2 Å². The molecule has 122 valence electrons. The smallest absolute Gasteiger partial charge is 0.291 e. The van der Waals surface area contributed by atoms with Gasteiger partial charge in [0, 0.05) is 18.6 Å². The number of ketones is 1. The van der Waals surface area contributed by atoms with Crippen molar-refractivity contribution >= 4 is 11.7 Å². The number of amides is 1. The molecule has 1 N–H and O–H groups in total. The van der Waals surface area contributed by atoms with E-state index in [0.29, 0.717) is 19.5 Å². The molecule has 0 saturated carbocycles. The Balaban J connectivity index is 2.94. The Hall–Kier alpha value is -1.68. The highest BCUT2D eigenvalue weighted by Crippen LogP contribution is 2.10. The Bertz CT molecular complexity index is 488. The minimum Gasteiger partial charge on any atom is -0.337 e. The molecule has 0 aliphatic heterocycles. The summed E-state index contributed by atoms with van der Waals surface area (Å²) in [6.07, 6.45) is 0.518. The van der Waals surface area contributed by atoms with E-state index in [2.05, 4.69) is 5.32 Å². The van der Waals surface area contributed by atoms with Gasteiger partial charge in [-0.3, -0.25) is 9.59 Å². The first-order chi connectivity index (χ1) is 10.3. The van der Waals surface area contributed by atoms with Gasteiger partial charge in [0.15, 0.2) is 0 Å². The fraction of sp³-hybridized carbons (Fsp3) is 0.556. The summed E-state index contributed by atoms with van der Waals surface area (Å²) in [7, 11) is 0. The lowest BCUT2D eigenvalue weighted by Crippen LogP contribution is -2.53. The van der Waals surface area contributed by atoms with Crippen molar-refractivity contribution in [2.45, 2.75) is 52.6 Å². The van der Waals surface area contributed by atoms with E-state index in [1.54, 1.807) is 4.90 Å². The van der Waals surface area contributed by atoms with Crippen LogP contribution in [0.4, 0.5) is 0 Å². The molecule has 1 atom stereocenters. The van der Waals surface area contributed by atoms with Crippen LogP contribution in [0.5, 0.6) is 0 Å². The highest BCUT2D eigenvalue weighted by molar-refractivity contribution is 6.38. The van der Waals surface area contributed by atoms with Gasteiger partial charge in [0.25, 0.3) is 5.91 Å². The Morgan fingerprint density at radius 1 is 1.09 bits per heavy atom. The highest BCUT2D eigenvalue weighted by Gasteiger charge is 2.30. The summed E-state index contributed by atoms with van der Waals surface area (Å²) in [6.45, 7) is 10.9. The molecule has 4 nitrogen and oxygen atoms in total. The maximum Gasteiger partial charge on any atom is 0.291 e. The maximum absolute atomic E-state index is 12.6. The molecule has 0 heterocycles. The van der Waals surface area contributed by atoms with E-state index in [9.17, 15) is 9.59 Å². The second-order valence-electron chi connectivity index (χ2n) is 6.48. The molecule has 0 aromatic heterocycles. The minimum absolute atomic E-state index is 0.237. The highest BCUT2D eigenvalue weighted by atomic mass is 16.2. The Morgan fingerprint density at radius 2 is 1.64 bits per heavy atom. The van der Waals surface area contributed by atoms with E-state index < -0.39 is 11.9 Å². The van der Waals surface area contributed by atoms with Crippen LogP contribution in [0.1, 0.15) is 40.2 Å². The first-order valence-corrected chi connectivity index (χ1v) is 7.93. The average molecular weight is 304 g/mol. The lowest BCUT2D eigenvalue weighted by Gasteiger charge is -2.29. The van der Waals surface area contributed by atoms with Crippen LogP contribution >= 0.6 is 0 Å². The normalized spacial score (nSPS) is 12.8. The van der Waals surface area contributed by atoms with Gasteiger partial charge in [0.05, 0.1) is 6.04 Å². The molecule has 1 unspecified atom stereocenters. The maximum atomic E-state index is 12.6. The van der Waals surface area contributed by atoms with Gasteiger partial charge in [0.2, 0.25) is 5.78 Å². The number of hydrogen-bond acceptors (Lipinski definition) is 3. The Labute approximate surface area is 133 Å². The fourth-order valence-corrected chi connectivity index (χ4v) is 2.40. The third-order valence-corrected chi connectivity index (χ3v) is 3.47. The summed E-state index contributed by atoms with van der Waals surface area (Å²) in [5.74, 6) is -0.759. The van der Waals surface area contributed by atoms with Crippen LogP contribution < -0.4 is 5.32 Å². The van der Waals surface area contributed by atoms with E-state index >= 15 is 0 Å². The molecule has 0 bridgehead atoms. The van der Waals surface area contributed by atoms with Crippen molar-refractivity contribution in [2.75, 3.05) is 13.1 Å². The molecule has 1 rings (SSSR count). The first-order valence-electron chi connectivity index (χ1n) is 7.93. The molecule has 0 aliphatic rings. The van der Waals surface area contributed by atoms with E-state index in [1.165, 1.54) is 0 Å². The predicted octanol–water partition coefficient (Wildman–Crippen LogP) is 2.42. The fourth-order valence-electron chi connectivity index (χ4n) is 2.40. The Morgan fingerprint density at radius 3 is 2.09 bits per heavy atom. The molecule has 0 spiro atoms. The number of Topliss-reactive ketones (excluding diaryl/α,β-unsaturated/α-hetero) is 1. The van der Waals surface area contributed by atoms with Crippen LogP contribution in [0, 0.1) is 0 Å². The summed E-state index contributed by atoms with van der Waals surface area (Å²) < 4.78 is 0. The molecule has 1 aromatic rings. The first kappa shape index (κ1) is 18.4. The predicted molar refractivity (Wildman–Crippen MR) is 89.8 cm³/mol. The monoisotopic (exact) mass is 304 g/mol. The molecular formula is C18H28N2O2. The second-order valence-corrected chi connectivity index (χ2v) is 6.48. The van der Waals surface area contributed by atoms with Crippen LogP contribution in [-0.4, -0.2) is 41.3 Å². The summed E-state index contributed by atoms with van der Waals surface area (Å²) in [6, 6.07) is 9.29. The third kappa shape index (κ3) is 5.60. The molecular weight excluding hydrogens is 276 g/mol. The SMILES string of the molecule is CCN(CC)C(=O)C(=O)C(Cc1ccccc1)NC(C)(C)C. The van der Waals surface area contributed by atoms with Gasteiger partial charge in [-0.05, 0) is 46.6 Å². The van der Waals surface area contributed by atoms with E-state index in [1.807, 2.05) is 65.0 Å². The van der Waals surface area contributed by atoms with E-state index in [0.717, 1.165) is 5.56 Å². The number of nitrogens with zero attached hydrogens (tertiary/aromatic N) is 1. The van der Waals surface area contributed by atoms with Crippen molar-refractivity contribution in [3.63, 3.8) is 0 Å². The zero-order chi connectivity index (χ0) is 16.8. The third-order valence-electron chi connectivity index (χ3n) is 3.47. The number of hydrogen-bond donors (Lipinski definition) is 1. The lowest BCUT2D eigenvalue weighted by atomic mass is 9.98. The van der Waals surface area contributed by atoms with Crippen LogP contribution in [0.3, 0.4) is 0 Å². The Kier molecular flexibility index (Phi) is 6.75. The van der Waals surface area contributed by atoms with Crippen molar-refractivity contribution in [1.29, 1.82) is 0 Å². The quantitative estimate of drug-likeness (QED) is 0.787. The van der Waals surface area contributed by atoms with Gasteiger partial charge in [-0.25, -0.2) is 0 Å². The van der Waals surface area contributed by atoms with Crippen molar-refractivity contribution in [3.8, 4) is 0 Å². The average Bonchev–Trinajstić information content (AvgIpc) is 2.46. The standard InChI is InChI=1S/C18H28N2O2/c1-6-20(7-2)17(22)16(21)15(19-18(3,4)5)13-14-11-9-8-10-12-14/h8-12,15,19H,6-7,13H2,1-5H3. The largest absolute Gasteiger partial charge is 0.337 e. The molecule has 0 aliphatic carbocycles. The molecule has 0 fully saturated rings. The second kappa shape index (κ2) is 8.08. The number of carbonyl (C=O) groups excluding carboxylic acids is 2. The molecule has 1 aromatic carbocycles. The van der Waals surface area contributed by atoms with Crippen molar-refractivity contribution in [2.24, 2.45) is 0 Å². The zero-order valence-electron chi connectivity index (χ0n) is 14.3. The van der Waals surface area contributed by atoms with Gasteiger partial charge in [-0.1, -0.05) is 30.3 Å².